The van der Waals surface area contributed by atoms with Gasteiger partial charge in [0, 0.05) is 43.0 Å². The Hall–Kier alpha value is -2.16. The van der Waals surface area contributed by atoms with Crippen molar-refractivity contribution in [3.05, 3.63) is 29.3 Å². The number of hydrogen-bond donors (Lipinski definition) is 2. The van der Waals surface area contributed by atoms with Crippen LogP contribution in [0.25, 0.3) is 0 Å². The Morgan fingerprint density at radius 2 is 2.23 bits per heavy atom. The van der Waals surface area contributed by atoms with Gasteiger partial charge in [-0.25, -0.2) is 4.98 Å². The molecule has 172 valence electrons. The smallest absolute Gasteiger partial charge is 0.216 e. The quantitative estimate of drug-likeness (QED) is 0.638. The zero-order valence-electron chi connectivity index (χ0n) is 19.0. The molecule has 3 N–H and O–H groups in total. The predicted molar refractivity (Wildman–Crippen MR) is 121 cm³/mol. The molecule has 8 heteroatoms. The highest BCUT2D eigenvalue weighted by Crippen LogP contribution is 2.25. The molecule has 0 aliphatic carbocycles. The number of rotatable bonds is 7. The highest BCUT2D eigenvalue weighted by molar-refractivity contribution is 6.02. The van der Waals surface area contributed by atoms with Crippen molar-refractivity contribution in [2.24, 2.45) is 16.6 Å². The molecule has 3 heterocycles. The van der Waals surface area contributed by atoms with Gasteiger partial charge in [-0.05, 0) is 39.3 Å². The molecule has 0 radical (unpaired) electrons. The van der Waals surface area contributed by atoms with Gasteiger partial charge >= 0.3 is 0 Å². The summed E-state index contributed by atoms with van der Waals surface area (Å²) in [5.41, 5.74) is 9.91. The van der Waals surface area contributed by atoms with E-state index in [0.717, 1.165) is 48.5 Å². The second-order valence-electron chi connectivity index (χ2n) is 8.46. The van der Waals surface area contributed by atoms with Crippen LogP contribution in [0.3, 0.4) is 0 Å². The second kappa shape index (κ2) is 11.5. The lowest BCUT2D eigenvalue weighted by molar-refractivity contribution is 0.0644. The third-order valence-corrected chi connectivity index (χ3v) is 5.70. The summed E-state index contributed by atoms with van der Waals surface area (Å²) in [5.74, 6) is 1.45. The highest BCUT2D eigenvalue weighted by atomic mass is 16.5. The van der Waals surface area contributed by atoms with E-state index < -0.39 is 0 Å². The van der Waals surface area contributed by atoms with Crippen LogP contribution in [0.15, 0.2) is 28.7 Å². The van der Waals surface area contributed by atoms with Gasteiger partial charge in [0.15, 0.2) is 5.88 Å². The minimum atomic E-state index is -0.312. The molecule has 3 rings (SSSR count). The normalized spacial score (nSPS) is 24.5. The van der Waals surface area contributed by atoms with Gasteiger partial charge in [0.1, 0.15) is 0 Å². The first kappa shape index (κ1) is 23.5. The summed E-state index contributed by atoms with van der Waals surface area (Å²) in [5, 5.41) is 9.67. The number of methoxy groups -OCH3 is 1. The van der Waals surface area contributed by atoms with Gasteiger partial charge in [-0.15, -0.1) is 0 Å². The van der Waals surface area contributed by atoms with Crippen LogP contribution >= 0.6 is 0 Å². The number of aliphatic imine (C=N–C) groups is 1. The number of hydrogen-bond acceptors (Lipinski definition) is 8. The first-order valence-corrected chi connectivity index (χ1v) is 11.1. The van der Waals surface area contributed by atoms with E-state index in [-0.39, 0.29) is 6.10 Å². The molecule has 2 saturated heterocycles. The maximum atomic E-state index is 9.67. The van der Waals surface area contributed by atoms with E-state index in [2.05, 4.69) is 9.88 Å². The number of ether oxygens (including phenoxy) is 3. The Kier molecular flexibility index (Phi) is 8.69. The largest absolute Gasteiger partial charge is 0.481 e. The molecule has 8 nitrogen and oxygen atoms in total. The van der Waals surface area contributed by atoms with Crippen LogP contribution in [0.2, 0.25) is 0 Å². The van der Waals surface area contributed by atoms with Gasteiger partial charge in [0.2, 0.25) is 5.88 Å². The van der Waals surface area contributed by atoms with Crippen molar-refractivity contribution in [1.29, 1.82) is 0 Å². The number of aryl methyl sites for hydroxylation is 1. The third-order valence-electron chi connectivity index (χ3n) is 5.70. The lowest BCUT2D eigenvalue weighted by atomic mass is 9.98. The van der Waals surface area contributed by atoms with E-state index in [9.17, 15) is 5.11 Å². The van der Waals surface area contributed by atoms with Crippen molar-refractivity contribution in [1.82, 2.24) is 9.88 Å². The zero-order valence-corrected chi connectivity index (χ0v) is 19.0. The Morgan fingerprint density at radius 3 is 2.97 bits per heavy atom. The van der Waals surface area contributed by atoms with Crippen molar-refractivity contribution < 1.29 is 19.3 Å². The maximum absolute atomic E-state index is 9.67. The fourth-order valence-corrected chi connectivity index (χ4v) is 4.23. The summed E-state index contributed by atoms with van der Waals surface area (Å²) in [6, 6.07) is 1.96. The molecule has 2 aliphatic rings. The van der Waals surface area contributed by atoms with Gasteiger partial charge in [-0.2, -0.15) is 0 Å². The van der Waals surface area contributed by atoms with E-state index in [0.29, 0.717) is 56.9 Å². The molecule has 2 fully saturated rings. The van der Waals surface area contributed by atoms with Gasteiger partial charge in [-0.1, -0.05) is 0 Å². The molecule has 1 aromatic heterocycles. The van der Waals surface area contributed by atoms with Crippen LogP contribution in [-0.4, -0.2) is 73.4 Å². The first-order valence-electron chi connectivity index (χ1n) is 11.1. The average molecular weight is 433 g/mol. The maximum Gasteiger partial charge on any atom is 0.216 e. The van der Waals surface area contributed by atoms with E-state index in [1.54, 1.807) is 13.3 Å². The predicted octanol–water partition coefficient (Wildman–Crippen LogP) is 2.56. The van der Waals surface area contributed by atoms with Gasteiger partial charge < -0.3 is 30.0 Å². The molecule has 2 aliphatic heterocycles. The number of nitrogens with two attached hydrogens (primary N) is 1. The van der Waals surface area contributed by atoms with Crippen LogP contribution in [0.4, 0.5) is 5.69 Å². The average Bonchev–Trinajstić information content (AvgIpc) is 2.97. The summed E-state index contributed by atoms with van der Waals surface area (Å²) in [7, 11) is 1.61. The standard InChI is InChI=1S/C23H36N4O4/c1-16-11-19(12-25-23(16)29-3)26-21-7-10-30-9-6-20(21)22(24)31-15-18-5-4-8-27(14-18)13-17(2)28/h11-12,17-18,28H,4-10,13-15,24H2,1-3H3/t17?,18-/m0/s1. The van der Waals surface area contributed by atoms with E-state index in [4.69, 9.17) is 24.9 Å². The molecule has 1 unspecified atom stereocenters. The van der Waals surface area contributed by atoms with Crippen LogP contribution < -0.4 is 10.5 Å². The molecule has 0 saturated carbocycles. The van der Waals surface area contributed by atoms with Crippen molar-refractivity contribution in [2.75, 3.05) is 46.6 Å². The van der Waals surface area contributed by atoms with Gasteiger partial charge in [0.25, 0.3) is 0 Å². The number of aliphatic hydroxyl groups is 1. The lowest BCUT2D eigenvalue weighted by Gasteiger charge is -2.33. The summed E-state index contributed by atoms with van der Waals surface area (Å²) in [6.45, 7) is 8.22. The van der Waals surface area contributed by atoms with Crippen molar-refractivity contribution in [3.8, 4) is 5.88 Å². The van der Waals surface area contributed by atoms with Crippen LogP contribution in [0, 0.1) is 12.8 Å². The molecular formula is C23H36N4O4. The Labute approximate surface area is 185 Å². The van der Waals surface area contributed by atoms with E-state index in [1.165, 1.54) is 0 Å². The monoisotopic (exact) mass is 432 g/mol. The Balaban J connectivity index is 1.71. The molecule has 0 aromatic carbocycles. The molecule has 2 atom stereocenters. The number of aromatic nitrogens is 1. The molecule has 31 heavy (non-hydrogen) atoms. The van der Waals surface area contributed by atoms with Crippen molar-refractivity contribution in [2.45, 2.75) is 45.6 Å². The fourth-order valence-electron chi connectivity index (χ4n) is 4.23. The number of pyridine rings is 1. The molecule has 0 bridgehead atoms. The highest BCUT2D eigenvalue weighted by Gasteiger charge is 2.23. The Morgan fingerprint density at radius 1 is 1.42 bits per heavy atom. The minimum absolute atomic E-state index is 0.312. The van der Waals surface area contributed by atoms with Crippen molar-refractivity contribution in [3.63, 3.8) is 0 Å². The number of nitrogens with zero attached hydrogens (tertiary/aromatic N) is 3. The SMILES string of the molecule is COc1ncc(N=C2CCOCCC2=C(N)OC[C@H]2CCCN(CC(C)O)C2)cc1C. The summed E-state index contributed by atoms with van der Waals surface area (Å²) in [4.78, 5) is 11.4. The minimum Gasteiger partial charge on any atom is -0.481 e. The first-order chi connectivity index (χ1) is 15.0. The van der Waals surface area contributed by atoms with Gasteiger partial charge in [-0.3, -0.25) is 4.99 Å². The number of aliphatic hydroxyl groups excluding tert-OH is 1. The third kappa shape index (κ3) is 6.92. The number of piperidine rings is 1. The van der Waals surface area contributed by atoms with Crippen LogP contribution in [0.1, 0.15) is 38.2 Å². The summed E-state index contributed by atoms with van der Waals surface area (Å²) in [6.07, 6.45) is 4.97. The van der Waals surface area contributed by atoms with E-state index >= 15 is 0 Å². The van der Waals surface area contributed by atoms with Crippen molar-refractivity contribution >= 4 is 11.4 Å². The Bertz CT molecular complexity index is 794. The fraction of sp³-hybridized carbons (Fsp3) is 0.652. The van der Waals surface area contributed by atoms with Crippen LogP contribution in [-0.2, 0) is 9.47 Å². The summed E-state index contributed by atoms with van der Waals surface area (Å²) < 4.78 is 17.0. The summed E-state index contributed by atoms with van der Waals surface area (Å²) >= 11 is 0. The molecule has 0 amide bonds. The van der Waals surface area contributed by atoms with E-state index in [1.807, 2.05) is 19.9 Å². The second-order valence-corrected chi connectivity index (χ2v) is 8.46. The van der Waals surface area contributed by atoms with Crippen LogP contribution in [0.5, 0.6) is 5.88 Å². The topological polar surface area (TPSA) is 102 Å². The molecular weight excluding hydrogens is 396 g/mol. The molecule has 1 aromatic rings. The zero-order chi connectivity index (χ0) is 22.2. The van der Waals surface area contributed by atoms with Gasteiger partial charge in [0.05, 0.1) is 50.6 Å². The molecule has 0 spiro atoms. The lowest BCUT2D eigenvalue weighted by Crippen LogP contribution is -2.40. The number of β-amino-alcohol motifs (C(OH)–C–C–N with tert-alkyl or cyclic N) is 1. The number of likely N-dealkylation sites (tertiary alicyclic amines) is 1.